The fourth-order valence-electron chi connectivity index (χ4n) is 3.29. The van der Waals surface area contributed by atoms with E-state index in [4.69, 9.17) is 8.23 Å². The first-order chi connectivity index (χ1) is 9.18. The molecular weight excluding hydrogens is 308 g/mol. The van der Waals surface area contributed by atoms with E-state index in [0.717, 1.165) is 6.04 Å². The van der Waals surface area contributed by atoms with Crippen molar-refractivity contribution < 1.29 is 8.23 Å². The van der Waals surface area contributed by atoms with E-state index >= 15 is 0 Å². The maximum absolute atomic E-state index is 6.77. The Morgan fingerprint density at radius 2 is 1.48 bits per heavy atom. The molecule has 124 valence electrons. The largest absolute Gasteiger partial charge is 0.436 e. The van der Waals surface area contributed by atoms with Gasteiger partial charge in [-0.2, -0.15) is 0 Å². The van der Waals surface area contributed by atoms with Gasteiger partial charge < -0.3 is 8.23 Å². The Balaban J connectivity index is 3.07. The summed E-state index contributed by atoms with van der Waals surface area (Å²) < 4.78 is 13.5. The van der Waals surface area contributed by atoms with Crippen molar-refractivity contribution in [3.8, 4) is 0 Å². The van der Waals surface area contributed by atoms with Gasteiger partial charge in [0.2, 0.25) is 0 Å². The monoisotopic (exact) mass is 344 g/mol. The maximum Gasteiger partial charge on any atom is 0.322 e. The smallest absolute Gasteiger partial charge is 0.322 e. The van der Waals surface area contributed by atoms with Crippen molar-refractivity contribution in [3.63, 3.8) is 0 Å². The van der Waals surface area contributed by atoms with Crippen LogP contribution in [-0.4, -0.2) is 25.2 Å². The van der Waals surface area contributed by atoms with Crippen LogP contribution in [0.4, 0.5) is 0 Å². The Kier molecular flexibility index (Phi) is 5.60. The van der Waals surface area contributed by atoms with Crippen molar-refractivity contribution in [2.75, 3.05) is 0 Å². The summed E-state index contributed by atoms with van der Waals surface area (Å²) >= 11 is 0. The molecule has 0 spiro atoms. The fourth-order valence-corrected chi connectivity index (χ4v) is 16.8. The van der Waals surface area contributed by atoms with Crippen molar-refractivity contribution in [1.29, 1.82) is 0 Å². The summed E-state index contributed by atoms with van der Waals surface area (Å²) in [6, 6.07) is 1.12. The summed E-state index contributed by atoms with van der Waals surface area (Å²) in [5.41, 5.74) is 0.893. The Hall–Kier alpha value is 0.311. The molecule has 1 aliphatic heterocycles. The van der Waals surface area contributed by atoms with Crippen LogP contribution in [0.25, 0.3) is 0 Å². The minimum absolute atomic E-state index is 0.316. The summed E-state index contributed by atoms with van der Waals surface area (Å²) in [5.74, 6) is 0.587. The van der Waals surface area contributed by atoms with Gasteiger partial charge in [0, 0.05) is 5.54 Å². The molecule has 1 fully saturated rings. The van der Waals surface area contributed by atoms with Gasteiger partial charge in [0.15, 0.2) is 16.6 Å². The predicted molar refractivity (Wildman–Crippen MR) is 101 cm³/mol. The first-order valence-corrected chi connectivity index (χ1v) is 17.1. The van der Waals surface area contributed by atoms with Crippen LogP contribution in [0.2, 0.25) is 50.9 Å². The molecule has 1 rings (SSSR count). The van der Waals surface area contributed by atoms with Crippen molar-refractivity contribution in [2.45, 2.75) is 78.1 Å². The lowest BCUT2D eigenvalue weighted by Crippen LogP contribution is -2.65. The molecule has 5 heteroatoms. The number of allylic oxidation sites excluding steroid dienone is 1. The molecule has 0 aromatic carbocycles. The second-order valence-electron chi connectivity index (χ2n) is 9.72. The molecular formula is C16H36O2Si3. The van der Waals surface area contributed by atoms with Crippen molar-refractivity contribution >= 4 is 25.2 Å². The molecule has 2 atom stereocenters. The van der Waals surface area contributed by atoms with Crippen LogP contribution in [0.1, 0.15) is 27.2 Å². The van der Waals surface area contributed by atoms with E-state index < -0.39 is 25.2 Å². The van der Waals surface area contributed by atoms with E-state index in [9.17, 15) is 0 Å². The van der Waals surface area contributed by atoms with Gasteiger partial charge in [-0.15, -0.1) is 6.58 Å². The summed E-state index contributed by atoms with van der Waals surface area (Å²) in [5, 5.41) is 0. The zero-order chi connectivity index (χ0) is 16.7. The molecule has 0 aliphatic carbocycles. The Morgan fingerprint density at radius 1 is 1.05 bits per heavy atom. The SMILES string of the molecule is C=C[C@H]1C[Si](O[Si](C)(C)C)(O[Si](C)(C)C)[C@@H]1CC(C)(C)C. The van der Waals surface area contributed by atoms with Gasteiger partial charge in [-0.05, 0) is 63.1 Å². The zero-order valence-corrected chi connectivity index (χ0v) is 18.7. The summed E-state index contributed by atoms with van der Waals surface area (Å²) in [4.78, 5) is 0. The molecule has 0 saturated carbocycles. The van der Waals surface area contributed by atoms with Crippen LogP contribution in [0.3, 0.4) is 0 Å². The topological polar surface area (TPSA) is 18.5 Å². The lowest BCUT2D eigenvalue weighted by molar-refractivity contribution is 0.232. The first kappa shape index (κ1) is 19.4. The third-order valence-electron chi connectivity index (χ3n) is 3.69. The molecule has 1 saturated heterocycles. The van der Waals surface area contributed by atoms with Crippen LogP contribution in [0.15, 0.2) is 12.7 Å². The van der Waals surface area contributed by atoms with Gasteiger partial charge in [0.1, 0.15) is 0 Å². The van der Waals surface area contributed by atoms with E-state index in [-0.39, 0.29) is 0 Å². The molecule has 1 heterocycles. The summed E-state index contributed by atoms with van der Waals surface area (Å²) in [6.07, 6.45) is 3.33. The Morgan fingerprint density at radius 3 is 1.76 bits per heavy atom. The van der Waals surface area contributed by atoms with E-state index in [1.807, 2.05) is 0 Å². The standard InChI is InChI=1S/C16H36O2Si3/c1-11-14-13-21(17-19(5,6)7,18-20(8,9)10)15(14)12-16(2,3)4/h11,14-15H,1,12-13H2,2-10H3/t14-,15+/m0/s1. The van der Waals surface area contributed by atoms with Crippen LogP contribution in [0, 0.1) is 11.3 Å². The van der Waals surface area contributed by atoms with Crippen LogP contribution in [-0.2, 0) is 8.23 Å². The van der Waals surface area contributed by atoms with Crippen LogP contribution in [0.5, 0.6) is 0 Å². The van der Waals surface area contributed by atoms with Gasteiger partial charge in [0.25, 0.3) is 0 Å². The fraction of sp³-hybridized carbons (Fsp3) is 0.875. The second kappa shape index (κ2) is 6.07. The summed E-state index contributed by atoms with van der Waals surface area (Å²) in [6.45, 7) is 24.8. The molecule has 1 aliphatic rings. The summed E-state index contributed by atoms with van der Waals surface area (Å²) in [7, 11) is -5.28. The average molecular weight is 345 g/mol. The minimum Gasteiger partial charge on any atom is -0.436 e. The second-order valence-corrected chi connectivity index (χ2v) is 22.6. The third-order valence-corrected chi connectivity index (χ3v) is 14.2. The van der Waals surface area contributed by atoms with Crippen LogP contribution < -0.4 is 0 Å². The highest BCUT2D eigenvalue weighted by Crippen LogP contribution is 2.56. The van der Waals surface area contributed by atoms with E-state index in [1.54, 1.807) is 0 Å². The average Bonchev–Trinajstić information content (AvgIpc) is 2.17. The maximum atomic E-state index is 6.77. The highest BCUT2D eigenvalue weighted by Gasteiger charge is 2.61. The Bertz CT molecular complexity index is 358. The number of rotatable bonds is 6. The predicted octanol–water partition coefficient (Wildman–Crippen LogP) is 5.75. The van der Waals surface area contributed by atoms with Gasteiger partial charge in [-0.3, -0.25) is 0 Å². The molecule has 0 radical (unpaired) electrons. The van der Waals surface area contributed by atoms with E-state index in [2.05, 4.69) is 72.7 Å². The third kappa shape index (κ3) is 5.78. The normalized spacial score (nSPS) is 26.3. The van der Waals surface area contributed by atoms with Gasteiger partial charge in [-0.25, -0.2) is 0 Å². The number of hydrogen-bond donors (Lipinski definition) is 0. The van der Waals surface area contributed by atoms with E-state index in [1.165, 1.54) is 6.42 Å². The molecule has 2 nitrogen and oxygen atoms in total. The van der Waals surface area contributed by atoms with Gasteiger partial charge in [-0.1, -0.05) is 26.8 Å². The Labute approximate surface area is 135 Å². The van der Waals surface area contributed by atoms with Crippen molar-refractivity contribution in [3.05, 3.63) is 12.7 Å². The molecule has 0 amide bonds. The van der Waals surface area contributed by atoms with E-state index in [0.29, 0.717) is 16.9 Å². The van der Waals surface area contributed by atoms with Crippen molar-refractivity contribution in [2.24, 2.45) is 11.3 Å². The molecule has 0 bridgehead atoms. The molecule has 0 unspecified atom stereocenters. The van der Waals surface area contributed by atoms with Crippen molar-refractivity contribution in [1.82, 2.24) is 0 Å². The lowest BCUT2D eigenvalue weighted by atomic mass is 9.86. The highest BCUT2D eigenvalue weighted by molar-refractivity contribution is 6.90. The zero-order valence-electron chi connectivity index (χ0n) is 15.7. The highest BCUT2D eigenvalue weighted by atomic mass is 28.5. The number of hydrogen-bond acceptors (Lipinski definition) is 2. The minimum atomic E-state index is -2.08. The van der Waals surface area contributed by atoms with Gasteiger partial charge >= 0.3 is 8.56 Å². The molecule has 0 aromatic heterocycles. The molecule has 21 heavy (non-hydrogen) atoms. The lowest BCUT2D eigenvalue weighted by Gasteiger charge is -2.56. The van der Waals surface area contributed by atoms with Gasteiger partial charge in [0.05, 0.1) is 0 Å². The molecule has 0 N–H and O–H groups in total. The molecule has 0 aromatic rings. The quantitative estimate of drug-likeness (QED) is 0.451. The van der Waals surface area contributed by atoms with Crippen LogP contribution >= 0.6 is 0 Å². The first-order valence-electron chi connectivity index (χ1n) is 8.20.